The van der Waals surface area contributed by atoms with Crippen LogP contribution in [0.1, 0.15) is 122 Å². The standard InChI is InChI=1S/C52H72FN9O9S.ClH/c1-30(33-15-17-35(18-16-33)46-31(2)56-29-72-46)57-49(68)41-25-38(64)26-61(41)51(70)47(52(4,5)6)59-44(66)14-9-7-8-11-34-12-10-13-42(45(34)53)71-28-36(19-22-43(55)65)58-48(67)40-21-20-37-23-24-60(32(3)63)27-39(54)50(69)62(37)40;/h10,12-13,15-18,29-30,36-41,47,64H,7-9,11,14,19-28,54H2,1-6H3,(H2,55,65)(H,57,68)(H,58,67)(H,59,66);1H/t30-,36-,37+,38+,39-,40-,41-,47+;/m0./s1. The zero-order valence-electron chi connectivity index (χ0n) is 42.7. The largest absolute Gasteiger partial charge is 0.488 e. The Hall–Kier alpha value is -5.70. The number of benzene rings is 2. The van der Waals surface area contributed by atoms with E-state index in [2.05, 4.69) is 20.9 Å². The number of primary amides is 1. The van der Waals surface area contributed by atoms with Gasteiger partial charge >= 0.3 is 0 Å². The Bertz CT molecular complexity index is 2440. The van der Waals surface area contributed by atoms with Crippen LogP contribution in [0.4, 0.5) is 4.39 Å². The SMILES string of the molecule is CC(=O)N1CC[C@H]2CC[C@@H](C(=O)N[C@@H](CCC(N)=O)COc3cccc(CCCCCC(=O)N[C@H](C(=O)N4C[C@H](O)C[C@H]4C(=O)N[C@@H](C)c4ccc(-c5scnc5C)cc4)C(C)(C)C)c3F)N2C(=O)[C@@H](N)C1.Cl. The third kappa shape index (κ3) is 15.2. The Morgan fingerprint density at radius 2 is 1.66 bits per heavy atom. The fourth-order valence-electron chi connectivity index (χ4n) is 9.84. The number of nitrogens with one attached hydrogen (secondary N) is 3. The highest BCUT2D eigenvalue weighted by Crippen LogP contribution is 2.32. The quantitative estimate of drug-likeness (QED) is 0.0874. The predicted octanol–water partition coefficient (Wildman–Crippen LogP) is 4.22. The number of thiazole rings is 1. The van der Waals surface area contributed by atoms with Gasteiger partial charge in [-0.3, -0.25) is 33.6 Å². The van der Waals surface area contributed by atoms with Gasteiger partial charge in [-0.2, -0.15) is 0 Å². The van der Waals surface area contributed by atoms with E-state index in [0.29, 0.717) is 57.1 Å². The number of aliphatic hydroxyl groups excluding tert-OH is 1. The molecule has 7 amide bonds. The molecule has 18 nitrogen and oxygen atoms in total. The third-order valence-corrected chi connectivity index (χ3v) is 14.9. The van der Waals surface area contributed by atoms with E-state index in [1.807, 2.05) is 58.9 Å². The number of ether oxygens (including phenoxy) is 1. The van der Waals surface area contributed by atoms with E-state index >= 15 is 4.39 Å². The van der Waals surface area contributed by atoms with Crippen LogP contribution in [0.2, 0.25) is 0 Å². The number of aromatic nitrogens is 1. The summed E-state index contributed by atoms with van der Waals surface area (Å²) in [5.74, 6) is -3.45. The number of halogens is 2. The molecule has 8 atom stereocenters. The Balaban J connectivity index is 0.00000988. The minimum Gasteiger partial charge on any atom is -0.488 e. The van der Waals surface area contributed by atoms with Crippen LogP contribution in [-0.2, 0) is 40.0 Å². The van der Waals surface area contributed by atoms with Gasteiger partial charge in [0.05, 0.1) is 34.3 Å². The number of amides is 7. The summed E-state index contributed by atoms with van der Waals surface area (Å²) < 4.78 is 21.8. The van der Waals surface area contributed by atoms with Crippen LogP contribution in [0.3, 0.4) is 0 Å². The van der Waals surface area contributed by atoms with Crippen molar-refractivity contribution in [3.05, 3.63) is 70.6 Å². The van der Waals surface area contributed by atoms with Crippen molar-refractivity contribution < 1.29 is 47.8 Å². The van der Waals surface area contributed by atoms with Crippen LogP contribution in [0.5, 0.6) is 5.75 Å². The molecule has 0 aliphatic carbocycles. The number of fused-ring (bicyclic) bond motifs is 1. The summed E-state index contributed by atoms with van der Waals surface area (Å²) in [6.07, 6.45) is 2.65. The zero-order valence-corrected chi connectivity index (χ0v) is 44.3. The van der Waals surface area contributed by atoms with E-state index < -0.39 is 77.1 Å². The van der Waals surface area contributed by atoms with Crippen LogP contribution in [0, 0.1) is 18.2 Å². The second-order valence-corrected chi connectivity index (χ2v) is 21.4. The van der Waals surface area contributed by atoms with Gasteiger partial charge in [0.15, 0.2) is 11.6 Å². The molecule has 21 heteroatoms. The molecule has 3 saturated heterocycles. The molecule has 0 saturated carbocycles. The summed E-state index contributed by atoms with van der Waals surface area (Å²) in [6, 6.07) is 7.52. The monoisotopic (exact) mass is 1050 g/mol. The number of likely N-dealkylation sites (tertiary alicyclic amines) is 1. The van der Waals surface area contributed by atoms with Crippen molar-refractivity contribution in [1.82, 2.24) is 35.6 Å². The summed E-state index contributed by atoms with van der Waals surface area (Å²) in [7, 11) is 0. The number of hydrogen-bond donors (Lipinski definition) is 6. The van der Waals surface area contributed by atoms with Crippen molar-refractivity contribution in [2.75, 3.05) is 26.2 Å². The molecule has 6 rings (SSSR count). The van der Waals surface area contributed by atoms with Crippen LogP contribution in [-0.4, -0.2) is 135 Å². The lowest BCUT2D eigenvalue weighted by atomic mass is 9.85. The van der Waals surface area contributed by atoms with Gasteiger partial charge < -0.3 is 52.0 Å². The molecule has 3 aliphatic heterocycles. The van der Waals surface area contributed by atoms with Crippen LogP contribution in [0.25, 0.3) is 10.4 Å². The summed E-state index contributed by atoms with van der Waals surface area (Å²) in [6.45, 7) is 11.0. The second-order valence-electron chi connectivity index (χ2n) is 20.5. The Labute approximate surface area is 437 Å². The molecular weight excluding hydrogens is 981 g/mol. The smallest absolute Gasteiger partial charge is 0.246 e. The first-order chi connectivity index (χ1) is 34.1. The highest BCUT2D eigenvalue weighted by Gasteiger charge is 2.46. The number of aliphatic hydroxyl groups is 1. The normalized spacial score (nSPS) is 21.2. The van der Waals surface area contributed by atoms with E-state index in [-0.39, 0.29) is 87.4 Å². The molecule has 3 aromatic rings. The average Bonchev–Trinajstić information content (AvgIpc) is 4.07. The zero-order chi connectivity index (χ0) is 52.4. The lowest BCUT2D eigenvalue weighted by Gasteiger charge is -2.37. The number of β-amino-alcohol motifs (C(OH)–C–C–N with tert-alkyl or cyclic N) is 1. The lowest BCUT2D eigenvalue weighted by Crippen LogP contribution is -2.59. The molecule has 0 spiro atoms. The number of carbonyl (C=O) groups excluding carboxylic acids is 7. The van der Waals surface area contributed by atoms with E-state index in [1.54, 1.807) is 33.9 Å². The molecule has 0 bridgehead atoms. The number of hydrogen-bond acceptors (Lipinski definition) is 12. The van der Waals surface area contributed by atoms with E-state index in [9.17, 15) is 38.7 Å². The molecule has 400 valence electrons. The number of unbranched alkanes of at least 4 members (excludes halogenated alkanes) is 2. The molecule has 3 fully saturated rings. The van der Waals surface area contributed by atoms with Gasteiger partial charge in [-0.25, -0.2) is 9.37 Å². The van der Waals surface area contributed by atoms with Crippen LogP contribution >= 0.6 is 23.7 Å². The van der Waals surface area contributed by atoms with Crippen molar-refractivity contribution in [1.29, 1.82) is 0 Å². The topological polar surface area (TPSA) is 260 Å². The molecule has 0 unspecified atom stereocenters. The molecule has 3 aliphatic rings. The summed E-state index contributed by atoms with van der Waals surface area (Å²) in [5, 5.41) is 19.5. The number of aryl methyl sites for hydroxylation is 2. The van der Waals surface area contributed by atoms with Crippen molar-refractivity contribution >= 4 is 65.1 Å². The lowest BCUT2D eigenvalue weighted by molar-refractivity contribution is -0.144. The average molecular weight is 1050 g/mol. The number of carbonyl (C=O) groups is 7. The van der Waals surface area contributed by atoms with Gasteiger partial charge in [0.25, 0.3) is 0 Å². The summed E-state index contributed by atoms with van der Waals surface area (Å²) in [4.78, 5) is 102. The van der Waals surface area contributed by atoms with Crippen molar-refractivity contribution in [2.24, 2.45) is 16.9 Å². The number of rotatable bonds is 20. The Kier molecular flexibility index (Phi) is 20.7. The maximum atomic E-state index is 15.9. The van der Waals surface area contributed by atoms with Gasteiger partial charge in [-0.15, -0.1) is 23.7 Å². The number of nitrogens with zero attached hydrogens (tertiary/aromatic N) is 4. The molecule has 8 N–H and O–H groups in total. The van der Waals surface area contributed by atoms with Crippen molar-refractivity contribution in [2.45, 2.75) is 161 Å². The first-order valence-electron chi connectivity index (χ1n) is 25.0. The molecule has 73 heavy (non-hydrogen) atoms. The first kappa shape index (κ1) is 58.2. The molecule has 2 aromatic carbocycles. The van der Waals surface area contributed by atoms with Gasteiger partial charge in [-0.05, 0) is 87.0 Å². The third-order valence-electron chi connectivity index (χ3n) is 14.0. The minimum absolute atomic E-state index is 0. The van der Waals surface area contributed by atoms with E-state index in [4.69, 9.17) is 16.2 Å². The fraction of sp³-hybridized carbons (Fsp3) is 0.577. The molecule has 1 aromatic heterocycles. The van der Waals surface area contributed by atoms with E-state index in [1.165, 1.54) is 22.8 Å². The van der Waals surface area contributed by atoms with Gasteiger partial charge in [0.1, 0.15) is 30.8 Å². The molecular formula is C52H73ClFN9O9S. The highest BCUT2D eigenvalue weighted by atomic mass is 35.5. The molecule has 4 heterocycles. The maximum Gasteiger partial charge on any atom is 0.246 e. The number of nitrogens with two attached hydrogens (primary N) is 2. The second kappa shape index (κ2) is 26.0. The van der Waals surface area contributed by atoms with Gasteiger partial charge in [0.2, 0.25) is 41.4 Å². The Morgan fingerprint density at radius 3 is 2.32 bits per heavy atom. The first-order valence-corrected chi connectivity index (χ1v) is 25.9. The summed E-state index contributed by atoms with van der Waals surface area (Å²) in [5.41, 5.74) is 16.0. The molecule has 0 radical (unpaired) electrons. The highest BCUT2D eigenvalue weighted by molar-refractivity contribution is 7.13. The van der Waals surface area contributed by atoms with Crippen LogP contribution < -0.4 is 32.2 Å². The minimum atomic E-state index is -0.989. The fourth-order valence-corrected chi connectivity index (χ4v) is 10.6. The van der Waals surface area contributed by atoms with Crippen LogP contribution in [0.15, 0.2) is 48.0 Å². The summed E-state index contributed by atoms with van der Waals surface area (Å²) >= 11 is 1.56. The van der Waals surface area contributed by atoms with E-state index in [0.717, 1.165) is 21.7 Å². The maximum absolute atomic E-state index is 15.9. The van der Waals surface area contributed by atoms with Gasteiger partial charge in [-0.1, -0.05) is 63.6 Å². The van der Waals surface area contributed by atoms with Crippen molar-refractivity contribution in [3.8, 4) is 16.2 Å². The van der Waals surface area contributed by atoms with Crippen molar-refractivity contribution in [3.63, 3.8) is 0 Å². The van der Waals surface area contributed by atoms with Gasteiger partial charge in [0, 0.05) is 51.9 Å². The predicted molar refractivity (Wildman–Crippen MR) is 277 cm³/mol. The Morgan fingerprint density at radius 1 is 0.945 bits per heavy atom.